The summed E-state index contributed by atoms with van der Waals surface area (Å²) in [5, 5.41) is 0.384. The maximum absolute atomic E-state index is 11.6. The third kappa shape index (κ3) is 5.32. The number of rotatable bonds is 7. The number of carbonyl (C=O) groups is 1. The highest BCUT2D eigenvalue weighted by molar-refractivity contribution is 9.09. The van der Waals surface area contributed by atoms with Crippen molar-refractivity contribution in [3.63, 3.8) is 0 Å². The Morgan fingerprint density at radius 2 is 2.35 bits per heavy atom. The number of hydrogen-bond acceptors (Lipinski definition) is 5. The van der Waals surface area contributed by atoms with Crippen molar-refractivity contribution >= 4 is 21.9 Å². The highest BCUT2D eigenvalue weighted by atomic mass is 79.9. The van der Waals surface area contributed by atoms with E-state index >= 15 is 0 Å². The van der Waals surface area contributed by atoms with Crippen LogP contribution in [0.5, 0.6) is 0 Å². The van der Waals surface area contributed by atoms with Crippen LogP contribution in [0.4, 0.5) is 0 Å². The van der Waals surface area contributed by atoms with E-state index in [1.54, 1.807) is 6.92 Å². The first kappa shape index (κ1) is 17.4. The summed E-state index contributed by atoms with van der Waals surface area (Å²) < 4.78 is 21.6. The van der Waals surface area contributed by atoms with Crippen LogP contribution in [0.15, 0.2) is 60.2 Å². The Morgan fingerprint density at radius 3 is 2.96 bits per heavy atom. The van der Waals surface area contributed by atoms with E-state index in [9.17, 15) is 4.79 Å². The van der Waals surface area contributed by atoms with Gasteiger partial charge in [-0.05, 0) is 25.3 Å². The maximum Gasteiger partial charge on any atom is 0.334 e. The smallest absolute Gasteiger partial charge is 0.334 e. The van der Waals surface area contributed by atoms with Gasteiger partial charge in [0.25, 0.3) is 0 Å². The van der Waals surface area contributed by atoms with Crippen LogP contribution in [0.25, 0.3) is 0 Å². The number of carbonyl (C=O) groups excluding carboxylic acids is 1. The molecule has 6 heteroatoms. The van der Waals surface area contributed by atoms with Crippen LogP contribution in [0.1, 0.15) is 19.8 Å². The van der Waals surface area contributed by atoms with Crippen molar-refractivity contribution in [2.75, 3.05) is 11.9 Å². The molecule has 0 radical (unpaired) electrons. The Morgan fingerprint density at radius 1 is 1.48 bits per heavy atom. The molecule has 0 fully saturated rings. The molecule has 1 aliphatic carbocycles. The normalized spacial score (nSPS) is 18.3. The van der Waals surface area contributed by atoms with E-state index in [0.717, 1.165) is 18.4 Å². The SMILES string of the molecule is CCOC(=O)/C=C(/CBr)OC(C1=CC=CCC1)C1=COC=CO1. The summed E-state index contributed by atoms with van der Waals surface area (Å²) in [6, 6.07) is 0. The second-order valence-electron chi connectivity index (χ2n) is 4.75. The Labute approximate surface area is 144 Å². The molecule has 2 aliphatic rings. The molecule has 5 nitrogen and oxygen atoms in total. The van der Waals surface area contributed by atoms with Gasteiger partial charge in [0.05, 0.1) is 18.0 Å². The van der Waals surface area contributed by atoms with Crippen molar-refractivity contribution < 1.29 is 23.7 Å². The Kier molecular flexibility index (Phi) is 7.00. The van der Waals surface area contributed by atoms with Crippen molar-refractivity contribution in [3.8, 4) is 0 Å². The van der Waals surface area contributed by atoms with Gasteiger partial charge in [-0.1, -0.05) is 34.2 Å². The quantitative estimate of drug-likeness (QED) is 0.289. The minimum Gasteiger partial charge on any atom is -0.481 e. The first-order valence-corrected chi connectivity index (χ1v) is 8.49. The van der Waals surface area contributed by atoms with Gasteiger partial charge in [0, 0.05) is 0 Å². The van der Waals surface area contributed by atoms with Gasteiger partial charge in [0.15, 0.2) is 11.9 Å². The zero-order valence-electron chi connectivity index (χ0n) is 12.9. The summed E-state index contributed by atoms with van der Waals surface area (Å²) in [4.78, 5) is 11.6. The Hall–Kier alpha value is -1.95. The fourth-order valence-corrected chi connectivity index (χ4v) is 2.42. The topological polar surface area (TPSA) is 54.0 Å². The van der Waals surface area contributed by atoms with Crippen molar-refractivity contribution in [3.05, 3.63) is 60.2 Å². The number of allylic oxidation sites excluding steroid dienone is 4. The molecule has 2 rings (SSSR count). The number of hydrogen-bond donors (Lipinski definition) is 0. The summed E-state index contributed by atoms with van der Waals surface area (Å²) in [6.07, 6.45) is 13.1. The predicted octanol–water partition coefficient (Wildman–Crippen LogP) is 3.85. The van der Waals surface area contributed by atoms with Crippen LogP contribution < -0.4 is 0 Å². The molecular weight excluding hydrogens is 364 g/mol. The molecule has 1 heterocycles. The second kappa shape index (κ2) is 9.25. The third-order valence-corrected chi connectivity index (χ3v) is 3.68. The molecule has 0 aromatic carbocycles. The molecule has 0 saturated carbocycles. The van der Waals surface area contributed by atoms with E-state index in [4.69, 9.17) is 18.9 Å². The van der Waals surface area contributed by atoms with Crippen molar-refractivity contribution in [2.24, 2.45) is 0 Å². The first-order chi connectivity index (χ1) is 11.2. The van der Waals surface area contributed by atoms with Crippen LogP contribution in [0.3, 0.4) is 0 Å². The third-order valence-electron chi connectivity index (χ3n) is 3.13. The molecule has 23 heavy (non-hydrogen) atoms. The fraction of sp³-hybridized carbons (Fsp3) is 0.353. The average molecular weight is 383 g/mol. The lowest BCUT2D eigenvalue weighted by Crippen LogP contribution is -2.22. The maximum atomic E-state index is 11.6. The molecule has 124 valence electrons. The zero-order chi connectivity index (χ0) is 16.5. The van der Waals surface area contributed by atoms with Gasteiger partial charge in [-0.3, -0.25) is 0 Å². The van der Waals surface area contributed by atoms with Crippen molar-refractivity contribution in [1.82, 2.24) is 0 Å². The van der Waals surface area contributed by atoms with Crippen LogP contribution in [0.2, 0.25) is 0 Å². The van der Waals surface area contributed by atoms with Gasteiger partial charge >= 0.3 is 5.97 Å². The molecule has 1 atom stereocenters. The number of ether oxygens (including phenoxy) is 4. The van der Waals surface area contributed by atoms with E-state index in [0.29, 0.717) is 23.5 Å². The molecular formula is C17H19BrO5. The lowest BCUT2D eigenvalue weighted by molar-refractivity contribution is -0.137. The van der Waals surface area contributed by atoms with Gasteiger partial charge in [-0.15, -0.1) is 0 Å². The Balaban J connectivity index is 2.19. The highest BCUT2D eigenvalue weighted by Crippen LogP contribution is 2.28. The number of alkyl halides is 1. The van der Waals surface area contributed by atoms with Crippen molar-refractivity contribution in [1.29, 1.82) is 0 Å². The van der Waals surface area contributed by atoms with E-state index in [1.807, 2.05) is 12.2 Å². The highest BCUT2D eigenvalue weighted by Gasteiger charge is 2.25. The number of esters is 1. The summed E-state index contributed by atoms with van der Waals surface area (Å²) in [5.74, 6) is 0.556. The van der Waals surface area contributed by atoms with Gasteiger partial charge in [0.1, 0.15) is 24.5 Å². The molecule has 0 amide bonds. The monoisotopic (exact) mass is 382 g/mol. The summed E-state index contributed by atoms with van der Waals surface area (Å²) in [6.45, 7) is 2.07. The standard InChI is InChI=1S/C17H19BrO5/c1-2-21-16(19)10-14(11-18)23-17(13-6-4-3-5-7-13)15-12-20-8-9-22-15/h3-4,6,8-10,12,17H,2,5,7,11H2,1H3/b14-10-. The molecule has 0 saturated heterocycles. The van der Waals surface area contributed by atoms with Crippen LogP contribution >= 0.6 is 15.9 Å². The average Bonchev–Trinajstić information content (AvgIpc) is 2.60. The van der Waals surface area contributed by atoms with Gasteiger partial charge in [-0.2, -0.15) is 0 Å². The second-order valence-corrected chi connectivity index (χ2v) is 5.31. The largest absolute Gasteiger partial charge is 0.481 e. The van der Waals surface area contributed by atoms with Crippen LogP contribution in [-0.4, -0.2) is 24.0 Å². The predicted molar refractivity (Wildman–Crippen MR) is 89.2 cm³/mol. The summed E-state index contributed by atoms with van der Waals surface area (Å²) in [7, 11) is 0. The summed E-state index contributed by atoms with van der Waals surface area (Å²) >= 11 is 3.33. The van der Waals surface area contributed by atoms with E-state index in [2.05, 4.69) is 22.0 Å². The minimum atomic E-state index is -0.455. The van der Waals surface area contributed by atoms with Gasteiger partial charge in [0.2, 0.25) is 0 Å². The Bertz CT molecular complexity index is 572. The van der Waals surface area contributed by atoms with Crippen LogP contribution in [0, 0.1) is 0 Å². The molecule has 0 aromatic heterocycles. The van der Waals surface area contributed by atoms with Gasteiger partial charge in [-0.25, -0.2) is 4.79 Å². The summed E-state index contributed by atoms with van der Waals surface area (Å²) in [5.41, 5.74) is 1.05. The molecule has 0 bridgehead atoms. The lowest BCUT2D eigenvalue weighted by Gasteiger charge is -2.26. The number of halogens is 1. The van der Waals surface area contributed by atoms with E-state index in [-0.39, 0.29) is 0 Å². The first-order valence-electron chi connectivity index (χ1n) is 7.37. The minimum absolute atomic E-state index is 0.317. The zero-order valence-corrected chi connectivity index (χ0v) is 14.5. The van der Waals surface area contributed by atoms with E-state index in [1.165, 1.54) is 24.9 Å². The molecule has 0 N–H and O–H groups in total. The van der Waals surface area contributed by atoms with E-state index < -0.39 is 12.1 Å². The molecule has 0 aromatic rings. The molecule has 1 aliphatic heterocycles. The molecule has 1 unspecified atom stereocenters. The van der Waals surface area contributed by atoms with Crippen LogP contribution in [-0.2, 0) is 23.7 Å². The molecule has 0 spiro atoms. The van der Waals surface area contributed by atoms with Gasteiger partial charge < -0.3 is 18.9 Å². The lowest BCUT2D eigenvalue weighted by atomic mass is 9.98. The fourth-order valence-electron chi connectivity index (χ4n) is 2.12. The van der Waals surface area contributed by atoms with Crippen molar-refractivity contribution in [2.45, 2.75) is 25.9 Å².